The Morgan fingerprint density at radius 3 is 2.91 bits per heavy atom. The Hall–Kier alpha value is -1.65. The van der Waals surface area contributed by atoms with E-state index in [1.54, 1.807) is 11.3 Å². The van der Waals surface area contributed by atoms with Gasteiger partial charge in [-0.25, -0.2) is 0 Å². The van der Waals surface area contributed by atoms with Crippen LogP contribution < -0.4 is 5.32 Å². The Kier molecular flexibility index (Phi) is 4.90. The van der Waals surface area contributed by atoms with Crippen molar-refractivity contribution in [2.75, 3.05) is 26.7 Å². The van der Waals surface area contributed by atoms with Crippen LogP contribution in [0, 0.1) is 5.92 Å². The molecule has 0 bridgehead atoms. The number of likely N-dealkylation sites (tertiary alicyclic amines) is 1. The van der Waals surface area contributed by atoms with Gasteiger partial charge >= 0.3 is 0 Å². The minimum atomic E-state index is 0.189. The first-order valence-corrected chi connectivity index (χ1v) is 8.74. The van der Waals surface area contributed by atoms with Crippen molar-refractivity contribution in [1.29, 1.82) is 0 Å². The standard InChI is InChI=1S/C18H22N2OS/c1-19-12-14-6-5-10-20(13-14)18(21)17-16(9-11-22-17)15-7-3-2-4-8-15/h2-4,7-9,11,14,19H,5-6,10,12-13H2,1H3. The Balaban J connectivity index is 1.80. The van der Waals surface area contributed by atoms with E-state index in [-0.39, 0.29) is 5.91 Å². The van der Waals surface area contributed by atoms with Crippen LogP contribution in [0.4, 0.5) is 0 Å². The average Bonchev–Trinajstić information content (AvgIpc) is 3.05. The highest BCUT2D eigenvalue weighted by molar-refractivity contribution is 7.12. The van der Waals surface area contributed by atoms with E-state index in [0.717, 1.165) is 42.1 Å². The quantitative estimate of drug-likeness (QED) is 0.937. The number of benzene rings is 1. The van der Waals surface area contributed by atoms with Gasteiger partial charge in [0.1, 0.15) is 0 Å². The molecule has 0 spiro atoms. The third-order valence-corrected chi connectivity index (χ3v) is 5.15. The van der Waals surface area contributed by atoms with Gasteiger partial charge < -0.3 is 10.2 Å². The monoisotopic (exact) mass is 314 g/mol. The molecule has 2 aromatic rings. The molecular formula is C18H22N2OS. The lowest BCUT2D eigenvalue weighted by Crippen LogP contribution is -2.42. The molecule has 1 saturated heterocycles. The fourth-order valence-electron chi connectivity index (χ4n) is 3.17. The lowest BCUT2D eigenvalue weighted by atomic mass is 9.97. The molecule has 1 aliphatic heterocycles. The van der Waals surface area contributed by atoms with Gasteiger partial charge in [0.15, 0.2) is 0 Å². The molecule has 2 heterocycles. The van der Waals surface area contributed by atoms with Crippen molar-refractivity contribution in [2.45, 2.75) is 12.8 Å². The van der Waals surface area contributed by atoms with Gasteiger partial charge in [-0.3, -0.25) is 4.79 Å². The van der Waals surface area contributed by atoms with Crippen molar-refractivity contribution in [1.82, 2.24) is 10.2 Å². The van der Waals surface area contributed by atoms with E-state index in [0.29, 0.717) is 5.92 Å². The van der Waals surface area contributed by atoms with E-state index >= 15 is 0 Å². The van der Waals surface area contributed by atoms with E-state index in [4.69, 9.17) is 0 Å². The molecule has 3 rings (SSSR count). The van der Waals surface area contributed by atoms with Gasteiger partial charge in [0.05, 0.1) is 4.88 Å². The molecule has 0 radical (unpaired) electrons. The largest absolute Gasteiger partial charge is 0.338 e. The SMILES string of the molecule is CNCC1CCCN(C(=O)c2sccc2-c2ccccc2)C1. The van der Waals surface area contributed by atoms with Crippen molar-refractivity contribution in [3.05, 3.63) is 46.7 Å². The van der Waals surface area contributed by atoms with Gasteiger partial charge in [0.25, 0.3) is 5.91 Å². The summed E-state index contributed by atoms with van der Waals surface area (Å²) in [4.78, 5) is 15.8. The molecule has 0 saturated carbocycles. The zero-order valence-electron chi connectivity index (χ0n) is 12.9. The maximum atomic E-state index is 12.9. The smallest absolute Gasteiger partial charge is 0.264 e. The predicted octanol–water partition coefficient (Wildman–Crippen LogP) is 3.49. The molecule has 3 nitrogen and oxygen atoms in total. The first-order valence-electron chi connectivity index (χ1n) is 7.86. The van der Waals surface area contributed by atoms with Crippen LogP contribution in [0.1, 0.15) is 22.5 Å². The van der Waals surface area contributed by atoms with Crippen LogP contribution in [0.15, 0.2) is 41.8 Å². The average molecular weight is 314 g/mol. The van der Waals surface area contributed by atoms with Gasteiger partial charge in [-0.1, -0.05) is 30.3 Å². The normalized spacial score (nSPS) is 18.4. The molecule has 1 aromatic carbocycles. The number of carbonyl (C=O) groups is 1. The van der Waals surface area contributed by atoms with Crippen LogP contribution in [0.2, 0.25) is 0 Å². The fraction of sp³-hybridized carbons (Fsp3) is 0.389. The minimum Gasteiger partial charge on any atom is -0.338 e. The molecule has 4 heteroatoms. The third-order valence-electron chi connectivity index (χ3n) is 4.24. The fourth-order valence-corrected chi connectivity index (χ4v) is 4.05. The molecule has 1 fully saturated rings. The Bertz CT molecular complexity index is 621. The van der Waals surface area contributed by atoms with Crippen LogP contribution in [0.3, 0.4) is 0 Å². The summed E-state index contributed by atoms with van der Waals surface area (Å²) in [6.07, 6.45) is 2.31. The Morgan fingerprint density at radius 2 is 2.14 bits per heavy atom. The summed E-state index contributed by atoms with van der Waals surface area (Å²) in [5.74, 6) is 0.762. The molecule has 22 heavy (non-hydrogen) atoms. The second-order valence-electron chi connectivity index (χ2n) is 5.85. The number of carbonyl (C=O) groups excluding carboxylic acids is 1. The molecule has 1 atom stereocenters. The predicted molar refractivity (Wildman–Crippen MR) is 92.3 cm³/mol. The van der Waals surface area contributed by atoms with Crippen LogP contribution in [-0.2, 0) is 0 Å². The van der Waals surface area contributed by atoms with Crippen molar-refractivity contribution in [2.24, 2.45) is 5.92 Å². The van der Waals surface area contributed by atoms with Gasteiger partial charge in [-0.2, -0.15) is 0 Å². The van der Waals surface area contributed by atoms with E-state index in [9.17, 15) is 4.79 Å². The minimum absolute atomic E-state index is 0.189. The highest BCUT2D eigenvalue weighted by Crippen LogP contribution is 2.30. The lowest BCUT2D eigenvalue weighted by molar-refractivity contribution is 0.0680. The summed E-state index contributed by atoms with van der Waals surface area (Å²) in [5, 5.41) is 5.25. The molecule has 1 amide bonds. The van der Waals surface area contributed by atoms with Gasteiger partial charge in [0, 0.05) is 18.7 Å². The number of hydrogen-bond acceptors (Lipinski definition) is 3. The maximum absolute atomic E-state index is 12.9. The topological polar surface area (TPSA) is 32.3 Å². The Labute approximate surface area is 136 Å². The zero-order chi connectivity index (χ0) is 15.4. The number of amides is 1. The lowest BCUT2D eigenvalue weighted by Gasteiger charge is -2.32. The number of rotatable bonds is 4. The van der Waals surface area contributed by atoms with Crippen LogP contribution in [0.5, 0.6) is 0 Å². The summed E-state index contributed by atoms with van der Waals surface area (Å²) < 4.78 is 0. The number of nitrogens with zero attached hydrogens (tertiary/aromatic N) is 1. The second-order valence-corrected chi connectivity index (χ2v) is 6.76. The maximum Gasteiger partial charge on any atom is 0.264 e. The van der Waals surface area contributed by atoms with Crippen molar-refractivity contribution < 1.29 is 4.79 Å². The molecule has 1 aromatic heterocycles. The molecule has 0 aliphatic carbocycles. The molecule has 1 aliphatic rings. The van der Waals surface area contributed by atoms with Crippen LogP contribution in [0.25, 0.3) is 11.1 Å². The van der Waals surface area contributed by atoms with Crippen molar-refractivity contribution >= 4 is 17.2 Å². The van der Waals surface area contributed by atoms with Crippen molar-refractivity contribution in [3.8, 4) is 11.1 Å². The van der Waals surface area contributed by atoms with Gasteiger partial charge in [0.2, 0.25) is 0 Å². The zero-order valence-corrected chi connectivity index (χ0v) is 13.7. The Morgan fingerprint density at radius 1 is 1.32 bits per heavy atom. The van der Waals surface area contributed by atoms with E-state index in [2.05, 4.69) is 23.5 Å². The summed E-state index contributed by atoms with van der Waals surface area (Å²) in [6.45, 7) is 2.73. The molecule has 1 N–H and O–H groups in total. The first-order chi connectivity index (χ1) is 10.8. The molecule has 1 unspecified atom stereocenters. The first kappa shape index (κ1) is 15.3. The number of piperidine rings is 1. The van der Waals surface area contributed by atoms with Crippen molar-refractivity contribution in [3.63, 3.8) is 0 Å². The summed E-state index contributed by atoms with van der Waals surface area (Å²) in [7, 11) is 1.98. The summed E-state index contributed by atoms with van der Waals surface area (Å²) in [5.41, 5.74) is 2.18. The van der Waals surface area contributed by atoms with E-state index in [1.165, 1.54) is 6.42 Å². The second kappa shape index (κ2) is 7.07. The summed E-state index contributed by atoms with van der Waals surface area (Å²) >= 11 is 1.55. The number of thiophene rings is 1. The third kappa shape index (κ3) is 3.23. The van der Waals surface area contributed by atoms with Crippen LogP contribution >= 0.6 is 11.3 Å². The molecular weight excluding hydrogens is 292 g/mol. The highest BCUT2D eigenvalue weighted by atomic mass is 32.1. The summed E-state index contributed by atoms with van der Waals surface area (Å²) in [6, 6.07) is 12.2. The highest BCUT2D eigenvalue weighted by Gasteiger charge is 2.26. The number of nitrogens with one attached hydrogen (secondary N) is 1. The number of hydrogen-bond donors (Lipinski definition) is 1. The van der Waals surface area contributed by atoms with Gasteiger partial charge in [-0.05, 0) is 49.4 Å². The molecule has 116 valence electrons. The van der Waals surface area contributed by atoms with Crippen LogP contribution in [-0.4, -0.2) is 37.5 Å². The van der Waals surface area contributed by atoms with E-state index < -0.39 is 0 Å². The van der Waals surface area contributed by atoms with Gasteiger partial charge in [-0.15, -0.1) is 11.3 Å². The van der Waals surface area contributed by atoms with E-state index in [1.807, 2.05) is 35.5 Å².